The first-order valence-corrected chi connectivity index (χ1v) is 6.93. The summed E-state index contributed by atoms with van der Waals surface area (Å²) in [4.78, 5) is 34.7. The Kier molecular flexibility index (Phi) is 8.00. The fourth-order valence-electron chi connectivity index (χ4n) is 1.58. The minimum absolute atomic E-state index is 0.0974. The highest BCUT2D eigenvalue weighted by Crippen LogP contribution is 2.14. The quantitative estimate of drug-likeness (QED) is 0.326. The normalized spacial score (nSPS) is 10.7. The summed E-state index contributed by atoms with van der Waals surface area (Å²) in [5.41, 5.74) is 0.719. The molecule has 0 aliphatic rings. The van der Waals surface area contributed by atoms with Gasteiger partial charge in [0.25, 0.3) is 0 Å². The zero-order valence-electron chi connectivity index (χ0n) is 13.7. The van der Waals surface area contributed by atoms with Gasteiger partial charge in [-0.05, 0) is 24.3 Å². The maximum atomic E-state index is 11.7. The molecule has 0 aliphatic heterocycles. The van der Waals surface area contributed by atoms with E-state index >= 15 is 0 Å². The van der Waals surface area contributed by atoms with Gasteiger partial charge in [0.1, 0.15) is 12.3 Å². The van der Waals surface area contributed by atoms with E-state index in [1.54, 1.807) is 12.1 Å². The smallest absolute Gasteiger partial charge is 0.354 e. The molecule has 1 rings (SSSR count). The molecule has 0 bridgehead atoms. The lowest BCUT2D eigenvalue weighted by Gasteiger charge is -2.10. The molecule has 1 aromatic rings. The van der Waals surface area contributed by atoms with Gasteiger partial charge in [0.2, 0.25) is 0 Å². The molecule has 0 unspecified atom stereocenters. The third-order valence-electron chi connectivity index (χ3n) is 2.79. The van der Waals surface area contributed by atoms with Crippen LogP contribution in [0.25, 0.3) is 0 Å². The van der Waals surface area contributed by atoms with Crippen LogP contribution in [0.1, 0.15) is 10.4 Å². The van der Waals surface area contributed by atoms with Crippen LogP contribution in [0.5, 0.6) is 0 Å². The first kappa shape index (κ1) is 19.2. The van der Waals surface area contributed by atoms with Crippen LogP contribution in [0.2, 0.25) is 0 Å². The zero-order valence-corrected chi connectivity index (χ0v) is 13.7. The molecule has 0 aromatic heterocycles. The molecule has 8 nitrogen and oxygen atoms in total. The Balaban J connectivity index is 2.80. The lowest BCUT2D eigenvalue weighted by molar-refractivity contribution is -0.138. The first-order valence-electron chi connectivity index (χ1n) is 6.93. The van der Waals surface area contributed by atoms with Gasteiger partial charge < -0.3 is 24.3 Å². The Hall–Kier alpha value is -2.87. The SMILES string of the molecule is COCCOC(=O)c1ccc(N/C(=C/C(=O)OC)C(=O)OC)cc1. The van der Waals surface area contributed by atoms with Crippen LogP contribution >= 0.6 is 0 Å². The molecule has 8 heteroatoms. The van der Waals surface area contributed by atoms with Gasteiger partial charge in [0, 0.05) is 12.8 Å². The minimum atomic E-state index is -0.733. The predicted octanol–water partition coefficient (Wildman–Crippen LogP) is 1.13. The molecule has 0 heterocycles. The molecule has 1 aromatic carbocycles. The lowest BCUT2D eigenvalue weighted by atomic mass is 10.2. The summed E-state index contributed by atoms with van der Waals surface area (Å²) in [5.74, 6) is -1.93. The van der Waals surface area contributed by atoms with Crippen LogP contribution in [-0.4, -0.2) is 52.5 Å². The highest BCUT2D eigenvalue weighted by molar-refractivity contribution is 5.98. The van der Waals surface area contributed by atoms with Crippen molar-refractivity contribution in [3.8, 4) is 0 Å². The molecule has 0 atom stereocenters. The van der Waals surface area contributed by atoms with Crippen molar-refractivity contribution in [3.63, 3.8) is 0 Å². The van der Waals surface area contributed by atoms with Gasteiger partial charge in [-0.15, -0.1) is 0 Å². The highest BCUT2D eigenvalue weighted by atomic mass is 16.6. The van der Waals surface area contributed by atoms with E-state index in [0.29, 0.717) is 17.9 Å². The number of hydrogen-bond donors (Lipinski definition) is 1. The summed E-state index contributed by atoms with van der Waals surface area (Å²) in [6.45, 7) is 0.468. The van der Waals surface area contributed by atoms with Crippen molar-refractivity contribution in [1.29, 1.82) is 0 Å². The van der Waals surface area contributed by atoms with Gasteiger partial charge in [0.15, 0.2) is 0 Å². The van der Waals surface area contributed by atoms with Crippen molar-refractivity contribution in [2.45, 2.75) is 0 Å². The molecule has 0 fully saturated rings. The Morgan fingerprint density at radius 2 is 1.67 bits per heavy atom. The Morgan fingerprint density at radius 1 is 1.00 bits per heavy atom. The van der Waals surface area contributed by atoms with Crippen LogP contribution in [-0.2, 0) is 28.5 Å². The molecule has 1 N–H and O–H groups in total. The van der Waals surface area contributed by atoms with E-state index in [9.17, 15) is 14.4 Å². The topological polar surface area (TPSA) is 100 Å². The maximum absolute atomic E-state index is 11.7. The number of benzene rings is 1. The summed E-state index contributed by atoms with van der Waals surface area (Å²) in [7, 11) is 3.89. The Labute approximate surface area is 139 Å². The summed E-state index contributed by atoms with van der Waals surface area (Å²) < 4.78 is 18.8. The van der Waals surface area contributed by atoms with Crippen molar-refractivity contribution in [2.75, 3.05) is 39.9 Å². The molecule has 0 saturated heterocycles. The summed E-state index contributed by atoms with van der Waals surface area (Å²) >= 11 is 0. The van der Waals surface area contributed by atoms with E-state index in [-0.39, 0.29) is 12.3 Å². The zero-order chi connectivity index (χ0) is 17.9. The second kappa shape index (κ2) is 10.0. The second-order valence-electron chi connectivity index (χ2n) is 4.40. The van der Waals surface area contributed by atoms with Crippen LogP contribution in [0.3, 0.4) is 0 Å². The van der Waals surface area contributed by atoms with E-state index in [2.05, 4.69) is 14.8 Å². The minimum Gasteiger partial charge on any atom is -0.466 e. The van der Waals surface area contributed by atoms with Crippen molar-refractivity contribution < 1.29 is 33.3 Å². The van der Waals surface area contributed by atoms with Gasteiger partial charge in [-0.3, -0.25) is 0 Å². The predicted molar refractivity (Wildman–Crippen MR) is 84.3 cm³/mol. The number of hydrogen-bond acceptors (Lipinski definition) is 8. The number of anilines is 1. The molecule has 0 radical (unpaired) electrons. The van der Waals surface area contributed by atoms with Gasteiger partial charge in [-0.1, -0.05) is 0 Å². The standard InChI is InChI=1S/C16H19NO7/c1-21-8-9-24-15(19)11-4-6-12(7-5-11)17-13(16(20)23-3)10-14(18)22-2/h4-7,10,17H,8-9H2,1-3H3/b13-10+. The molecule has 0 amide bonds. The average molecular weight is 337 g/mol. The lowest BCUT2D eigenvalue weighted by Crippen LogP contribution is -2.15. The van der Waals surface area contributed by atoms with E-state index in [0.717, 1.165) is 6.08 Å². The third kappa shape index (κ3) is 6.09. The molecular weight excluding hydrogens is 318 g/mol. The number of rotatable bonds is 8. The average Bonchev–Trinajstić information content (AvgIpc) is 2.60. The fourth-order valence-corrected chi connectivity index (χ4v) is 1.58. The number of methoxy groups -OCH3 is 3. The maximum Gasteiger partial charge on any atom is 0.354 e. The van der Waals surface area contributed by atoms with Gasteiger partial charge >= 0.3 is 17.9 Å². The summed E-state index contributed by atoms with van der Waals surface area (Å²) in [6.07, 6.45) is 0.971. The van der Waals surface area contributed by atoms with Gasteiger partial charge in [0.05, 0.1) is 32.5 Å². The van der Waals surface area contributed by atoms with Gasteiger partial charge in [-0.25, -0.2) is 14.4 Å². The number of carbonyl (C=O) groups is 3. The van der Waals surface area contributed by atoms with Crippen LogP contribution < -0.4 is 5.32 Å². The molecule has 0 saturated carbocycles. The van der Waals surface area contributed by atoms with Crippen LogP contribution in [0.15, 0.2) is 36.0 Å². The molecule has 130 valence electrons. The van der Waals surface area contributed by atoms with E-state index in [1.807, 2.05) is 0 Å². The van der Waals surface area contributed by atoms with Crippen LogP contribution in [0, 0.1) is 0 Å². The van der Waals surface area contributed by atoms with E-state index < -0.39 is 17.9 Å². The summed E-state index contributed by atoms with van der Waals surface area (Å²) in [5, 5.41) is 2.73. The molecule has 24 heavy (non-hydrogen) atoms. The fraction of sp³-hybridized carbons (Fsp3) is 0.312. The summed E-state index contributed by atoms with van der Waals surface area (Å²) in [6, 6.07) is 6.15. The number of ether oxygens (including phenoxy) is 4. The molecule has 0 aliphatic carbocycles. The van der Waals surface area contributed by atoms with Crippen molar-refractivity contribution in [2.24, 2.45) is 0 Å². The molecule has 0 spiro atoms. The Bertz CT molecular complexity index is 607. The number of carbonyl (C=O) groups excluding carboxylic acids is 3. The third-order valence-corrected chi connectivity index (χ3v) is 2.79. The Morgan fingerprint density at radius 3 is 2.21 bits per heavy atom. The van der Waals surface area contributed by atoms with Crippen molar-refractivity contribution in [1.82, 2.24) is 0 Å². The van der Waals surface area contributed by atoms with E-state index in [4.69, 9.17) is 9.47 Å². The largest absolute Gasteiger partial charge is 0.466 e. The monoisotopic (exact) mass is 337 g/mol. The van der Waals surface area contributed by atoms with Crippen LogP contribution in [0.4, 0.5) is 5.69 Å². The number of esters is 3. The second-order valence-corrected chi connectivity index (χ2v) is 4.40. The molecular formula is C16H19NO7. The van der Waals surface area contributed by atoms with E-state index in [1.165, 1.54) is 33.5 Å². The number of nitrogens with one attached hydrogen (secondary N) is 1. The van der Waals surface area contributed by atoms with Crippen molar-refractivity contribution in [3.05, 3.63) is 41.6 Å². The highest BCUT2D eigenvalue weighted by Gasteiger charge is 2.13. The van der Waals surface area contributed by atoms with Crippen molar-refractivity contribution >= 4 is 23.6 Å². The first-order chi connectivity index (χ1) is 11.5. The van der Waals surface area contributed by atoms with Gasteiger partial charge in [-0.2, -0.15) is 0 Å².